The molecule has 1 unspecified atom stereocenters. The number of fused-ring (bicyclic) bond motifs is 1. The molecule has 0 aliphatic heterocycles. The number of benzene rings is 1. The van der Waals surface area contributed by atoms with Gasteiger partial charge >= 0.3 is 5.97 Å². The molecule has 0 aliphatic rings. The lowest BCUT2D eigenvalue weighted by Gasteiger charge is -2.09. The van der Waals surface area contributed by atoms with E-state index in [-0.39, 0.29) is 11.3 Å². The number of aromatic nitrogens is 3. The fraction of sp³-hybridized carbons (Fsp3) is 0.0667. The summed E-state index contributed by atoms with van der Waals surface area (Å²) in [4.78, 5) is 27.0. The van der Waals surface area contributed by atoms with Gasteiger partial charge < -0.3 is 15.9 Å². The van der Waals surface area contributed by atoms with Crippen LogP contribution in [0.5, 0.6) is 0 Å². The molecule has 26 heavy (non-hydrogen) atoms. The summed E-state index contributed by atoms with van der Waals surface area (Å²) in [6, 6.07) is -0.202. The van der Waals surface area contributed by atoms with Gasteiger partial charge in [0.05, 0.1) is 5.69 Å². The minimum atomic E-state index is -1.92. The van der Waals surface area contributed by atoms with Gasteiger partial charge in [-0.3, -0.25) is 9.59 Å². The van der Waals surface area contributed by atoms with Gasteiger partial charge in [0.1, 0.15) is 23.1 Å². The number of carboxylic acids is 1. The molecule has 4 N–H and O–H groups in total. The summed E-state index contributed by atoms with van der Waals surface area (Å²) in [6.45, 7) is 0. The topological polar surface area (TPSA) is 131 Å². The van der Waals surface area contributed by atoms with Gasteiger partial charge in [-0.2, -0.15) is 5.10 Å². The van der Waals surface area contributed by atoms with E-state index in [1.54, 1.807) is 0 Å². The zero-order chi connectivity index (χ0) is 19.2. The summed E-state index contributed by atoms with van der Waals surface area (Å²) in [6.07, 6.45) is 0.925. The van der Waals surface area contributed by atoms with E-state index in [0.717, 1.165) is 16.9 Å². The average molecular weight is 366 g/mol. The number of carbonyl (C=O) groups is 1. The highest BCUT2D eigenvalue weighted by Crippen LogP contribution is 2.24. The Hall–Kier alpha value is -3.47. The number of rotatable bonds is 3. The van der Waals surface area contributed by atoms with Gasteiger partial charge in [0.25, 0.3) is 0 Å². The average Bonchev–Trinajstić information content (AvgIpc) is 3.05. The molecule has 0 saturated carbocycles. The van der Waals surface area contributed by atoms with Crippen LogP contribution < -0.4 is 16.4 Å². The van der Waals surface area contributed by atoms with Gasteiger partial charge in [-0.15, -0.1) is 0 Å². The molecule has 0 radical (unpaired) electrons. The molecule has 2 heterocycles. The summed E-state index contributed by atoms with van der Waals surface area (Å²) < 4.78 is 41.9. The van der Waals surface area contributed by atoms with E-state index in [1.165, 1.54) is 0 Å². The third-order valence-corrected chi connectivity index (χ3v) is 3.60. The van der Waals surface area contributed by atoms with Crippen LogP contribution in [0.3, 0.4) is 0 Å². The molecule has 0 aliphatic carbocycles. The van der Waals surface area contributed by atoms with Crippen LogP contribution in [0.1, 0.15) is 0 Å². The van der Waals surface area contributed by atoms with E-state index in [9.17, 15) is 27.9 Å². The lowest BCUT2D eigenvalue weighted by molar-refractivity contribution is -0.137. The molecule has 0 amide bonds. The number of aliphatic hydroxyl groups is 1. The number of nitrogens with zero attached hydrogens (tertiary/aromatic N) is 3. The Morgan fingerprint density at radius 1 is 1.19 bits per heavy atom. The zero-order valence-electron chi connectivity index (χ0n) is 12.7. The van der Waals surface area contributed by atoms with E-state index >= 15 is 0 Å². The smallest absolute Gasteiger partial charge is 0.328 e. The summed E-state index contributed by atoms with van der Waals surface area (Å²) >= 11 is 0. The summed E-state index contributed by atoms with van der Waals surface area (Å²) in [5, 5.41) is 22.0. The molecule has 8 nitrogen and oxygen atoms in total. The third kappa shape index (κ3) is 2.63. The number of aliphatic hydroxyl groups excluding tert-OH is 1. The molecule has 3 aromatic rings. The minimum absolute atomic E-state index is 0.329. The first kappa shape index (κ1) is 17.4. The number of pyridine rings is 1. The molecule has 0 saturated heterocycles. The quantitative estimate of drug-likeness (QED) is 0.555. The fourth-order valence-corrected chi connectivity index (χ4v) is 2.40. The van der Waals surface area contributed by atoms with Crippen molar-refractivity contribution < 1.29 is 28.2 Å². The van der Waals surface area contributed by atoms with Crippen LogP contribution in [0.15, 0.2) is 29.3 Å². The van der Waals surface area contributed by atoms with Gasteiger partial charge in [-0.25, -0.2) is 22.7 Å². The molecule has 1 atom stereocenters. The summed E-state index contributed by atoms with van der Waals surface area (Å²) in [7, 11) is 0. The molecular weight excluding hydrogens is 357 g/mol. The van der Waals surface area contributed by atoms with Gasteiger partial charge in [0.15, 0.2) is 28.8 Å². The maximum absolute atomic E-state index is 14.1. The SMILES string of the molecule is NC(C(=O)O)C(O)=c1c(=O)cc(-c2cc(F)cc(F)c2F)n2ncnc12. The normalized spacial score (nSPS) is 13.7. The van der Waals surface area contributed by atoms with Gasteiger partial charge in [-0.05, 0) is 6.07 Å². The highest BCUT2D eigenvalue weighted by atomic mass is 19.2. The van der Waals surface area contributed by atoms with Crippen LogP contribution in [0.25, 0.3) is 22.7 Å². The van der Waals surface area contributed by atoms with Crippen molar-refractivity contribution in [2.75, 3.05) is 0 Å². The lowest BCUT2D eigenvalue weighted by Crippen LogP contribution is -2.40. The molecule has 3 rings (SSSR count). The number of nitrogens with two attached hydrogens (primary N) is 1. The Labute approximate surface area is 141 Å². The molecule has 0 spiro atoms. The van der Waals surface area contributed by atoms with Crippen molar-refractivity contribution in [3.63, 3.8) is 0 Å². The van der Waals surface area contributed by atoms with Gasteiger partial charge in [0.2, 0.25) is 0 Å². The van der Waals surface area contributed by atoms with E-state index in [1.807, 2.05) is 0 Å². The number of halogens is 3. The first-order chi connectivity index (χ1) is 12.2. The van der Waals surface area contributed by atoms with Crippen LogP contribution in [0.2, 0.25) is 0 Å². The first-order valence-electron chi connectivity index (χ1n) is 6.95. The van der Waals surface area contributed by atoms with Crippen molar-refractivity contribution in [1.82, 2.24) is 14.6 Å². The van der Waals surface area contributed by atoms with Crippen LogP contribution in [-0.4, -0.2) is 36.8 Å². The van der Waals surface area contributed by atoms with E-state index in [4.69, 9.17) is 10.8 Å². The standard InChI is InChI=1S/C15H9F3N4O4/c16-5-1-6(11(18)7(17)2-5)8-3-9(23)10(13(24)12(19)15(25)26)14-20-4-21-22(8)14/h1-4,12,24H,19H2,(H,25,26). The van der Waals surface area contributed by atoms with Crippen LogP contribution in [-0.2, 0) is 4.79 Å². The molecule has 11 heteroatoms. The van der Waals surface area contributed by atoms with E-state index < -0.39 is 51.4 Å². The van der Waals surface area contributed by atoms with Crippen molar-refractivity contribution in [3.8, 4) is 11.3 Å². The predicted molar refractivity (Wildman–Crippen MR) is 81.4 cm³/mol. The van der Waals surface area contributed by atoms with Crippen molar-refractivity contribution >= 4 is 17.4 Å². The van der Waals surface area contributed by atoms with E-state index in [2.05, 4.69) is 10.1 Å². The first-order valence-corrected chi connectivity index (χ1v) is 6.95. The second-order valence-corrected chi connectivity index (χ2v) is 5.21. The van der Waals surface area contributed by atoms with Gasteiger partial charge in [-0.1, -0.05) is 0 Å². The van der Waals surface area contributed by atoms with Crippen molar-refractivity contribution in [2.45, 2.75) is 6.04 Å². The maximum atomic E-state index is 14.1. The Morgan fingerprint density at radius 2 is 1.88 bits per heavy atom. The second-order valence-electron chi connectivity index (χ2n) is 5.21. The molecule has 1 aromatic carbocycles. The Bertz CT molecular complexity index is 1160. The van der Waals surface area contributed by atoms with E-state index in [0.29, 0.717) is 12.1 Å². The third-order valence-electron chi connectivity index (χ3n) is 3.60. The van der Waals surface area contributed by atoms with Gasteiger partial charge in [0, 0.05) is 17.7 Å². The van der Waals surface area contributed by atoms with Crippen molar-refractivity contribution in [1.29, 1.82) is 0 Å². The Balaban J connectivity index is 2.44. The molecule has 2 aromatic heterocycles. The molecule has 0 bridgehead atoms. The minimum Gasteiger partial charge on any atom is -0.509 e. The monoisotopic (exact) mass is 366 g/mol. The van der Waals surface area contributed by atoms with Crippen LogP contribution in [0, 0.1) is 17.5 Å². The number of carboxylic acid groups (broad SMARTS) is 1. The molecule has 0 fully saturated rings. The highest BCUT2D eigenvalue weighted by molar-refractivity contribution is 5.84. The number of hydrogen-bond acceptors (Lipinski definition) is 6. The van der Waals surface area contributed by atoms with Crippen LogP contribution in [0.4, 0.5) is 13.2 Å². The van der Waals surface area contributed by atoms with Crippen LogP contribution >= 0.6 is 0 Å². The highest BCUT2D eigenvalue weighted by Gasteiger charge is 2.23. The maximum Gasteiger partial charge on any atom is 0.328 e. The summed E-state index contributed by atoms with van der Waals surface area (Å²) in [5.41, 5.74) is 2.99. The Morgan fingerprint density at radius 3 is 2.54 bits per heavy atom. The largest absolute Gasteiger partial charge is 0.509 e. The molecular formula is C15H9F3N4O4. The number of hydrogen-bond donors (Lipinski definition) is 3. The van der Waals surface area contributed by atoms with Crippen molar-refractivity contribution in [3.05, 3.63) is 57.4 Å². The zero-order valence-corrected chi connectivity index (χ0v) is 12.7. The molecule has 134 valence electrons. The fourth-order valence-electron chi connectivity index (χ4n) is 2.40. The second kappa shape index (κ2) is 6.11. The van der Waals surface area contributed by atoms with Crippen molar-refractivity contribution in [2.24, 2.45) is 5.73 Å². The number of aliphatic carboxylic acids is 1. The lowest BCUT2D eigenvalue weighted by atomic mass is 10.1. The summed E-state index contributed by atoms with van der Waals surface area (Å²) in [5.74, 6) is -6.59. The predicted octanol–water partition coefficient (Wildman–Crippen LogP) is -0.0292. The Kier molecular flexibility index (Phi) is 4.08.